The van der Waals surface area contributed by atoms with Crippen molar-refractivity contribution in [2.75, 3.05) is 13.1 Å². The number of aliphatic carboxylic acids is 1. The quantitative estimate of drug-likeness (QED) is 0.877. The summed E-state index contributed by atoms with van der Waals surface area (Å²) in [6, 6.07) is 6.09. The number of aromatic nitrogens is 2. The van der Waals surface area contributed by atoms with Gasteiger partial charge in [-0.05, 0) is 12.1 Å². The van der Waals surface area contributed by atoms with Gasteiger partial charge >= 0.3 is 12.1 Å². The van der Waals surface area contributed by atoms with E-state index in [1.54, 1.807) is 25.4 Å². The van der Waals surface area contributed by atoms with Crippen molar-refractivity contribution in [1.82, 2.24) is 14.7 Å². The van der Waals surface area contributed by atoms with Crippen LogP contribution in [0.15, 0.2) is 36.7 Å². The van der Waals surface area contributed by atoms with Crippen molar-refractivity contribution in [3.63, 3.8) is 0 Å². The number of benzene rings is 1. The number of likely N-dealkylation sites (tertiary alicyclic amines) is 1. The molecular formula is C17H16F3N3O4. The van der Waals surface area contributed by atoms with Crippen LogP contribution in [0.25, 0.3) is 0 Å². The van der Waals surface area contributed by atoms with E-state index in [-0.39, 0.29) is 11.3 Å². The van der Waals surface area contributed by atoms with Crippen LogP contribution in [-0.4, -0.2) is 50.9 Å². The lowest BCUT2D eigenvalue weighted by atomic mass is 9.96. The number of carbonyl (C=O) groups is 2. The standard InChI is InChI=1S/C17H16F3N3O4/c1-22-7-10(6-21-22)27-14-5-3-2-4-11(14)15(24)23-8-12(16(25)26)13(9-23)17(18,19)20/h2-7,12-13H,8-9H2,1H3,(H,25,26)/t12-,13-/m1/s1. The summed E-state index contributed by atoms with van der Waals surface area (Å²) in [7, 11) is 1.68. The highest BCUT2D eigenvalue weighted by atomic mass is 19.4. The molecular weight excluding hydrogens is 367 g/mol. The van der Waals surface area contributed by atoms with Crippen molar-refractivity contribution >= 4 is 11.9 Å². The highest BCUT2D eigenvalue weighted by Crippen LogP contribution is 2.39. The Labute approximate surface area is 151 Å². The predicted molar refractivity (Wildman–Crippen MR) is 86.3 cm³/mol. The first-order valence-corrected chi connectivity index (χ1v) is 8.01. The molecule has 27 heavy (non-hydrogen) atoms. The van der Waals surface area contributed by atoms with Gasteiger partial charge in [0.05, 0.1) is 29.8 Å². The summed E-state index contributed by atoms with van der Waals surface area (Å²) in [5.41, 5.74) is 0.0494. The molecule has 3 rings (SSSR count). The van der Waals surface area contributed by atoms with E-state index < -0.39 is 43.0 Å². The second-order valence-corrected chi connectivity index (χ2v) is 6.25. The van der Waals surface area contributed by atoms with Crippen molar-refractivity contribution < 1.29 is 32.6 Å². The van der Waals surface area contributed by atoms with E-state index in [1.165, 1.54) is 23.0 Å². The molecule has 1 amide bonds. The first-order chi connectivity index (χ1) is 12.7. The number of alkyl halides is 3. The van der Waals surface area contributed by atoms with Crippen LogP contribution in [0, 0.1) is 11.8 Å². The van der Waals surface area contributed by atoms with Gasteiger partial charge in [-0.2, -0.15) is 18.3 Å². The molecule has 1 fully saturated rings. The molecule has 144 valence electrons. The highest BCUT2D eigenvalue weighted by molar-refractivity contribution is 5.97. The molecule has 1 N–H and O–H groups in total. The molecule has 1 aromatic heterocycles. The van der Waals surface area contributed by atoms with Crippen LogP contribution < -0.4 is 4.74 Å². The SMILES string of the molecule is Cn1cc(Oc2ccccc2C(=O)N2C[C@@H](C(F)(F)F)[C@H](C(=O)O)C2)cn1. The Hall–Kier alpha value is -3.04. The number of rotatable bonds is 4. The van der Waals surface area contributed by atoms with Crippen LogP contribution in [0.5, 0.6) is 11.5 Å². The summed E-state index contributed by atoms with van der Waals surface area (Å²) in [5, 5.41) is 13.0. The number of amides is 1. The van der Waals surface area contributed by atoms with Crippen molar-refractivity contribution in [2.24, 2.45) is 18.9 Å². The zero-order valence-corrected chi connectivity index (χ0v) is 14.2. The van der Waals surface area contributed by atoms with E-state index in [2.05, 4.69) is 5.10 Å². The highest BCUT2D eigenvalue weighted by Gasteiger charge is 2.53. The third-order valence-corrected chi connectivity index (χ3v) is 4.37. The summed E-state index contributed by atoms with van der Waals surface area (Å²) in [5.74, 6) is -5.58. The van der Waals surface area contributed by atoms with E-state index >= 15 is 0 Å². The second-order valence-electron chi connectivity index (χ2n) is 6.25. The van der Waals surface area contributed by atoms with Crippen molar-refractivity contribution in [3.05, 3.63) is 42.2 Å². The number of hydrogen-bond donors (Lipinski definition) is 1. The lowest BCUT2D eigenvalue weighted by Crippen LogP contribution is -2.34. The van der Waals surface area contributed by atoms with Crippen LogP contribution in [0.3, 0.4) is 0 Å². The minimum absolute atomic E-state index is 0.0494. The number of nitrogens with zero attached hydrogens (tertiary/aromatic N) is 3. The number of carboxylic acid groups (broad SMARTS) is 1. The molecule has 0 spiro atoms. The fourth-order valence-electron chi connectivity index (χ4n) is 3.03. The maximum atomic E-state index is 13.1. The first-order valence-electron chi connectivity index (χ1n) is 8.01. The van der Waals surface area contributed by atoms with E-state index in [0.717, 1.165) is 4.90 Å². The van der Waals surface area contributed by atoms with Crippen LogP contribution in [0.2, 0.25) is 0 Å². The van der Waals surface area contributed by atoms with E-state index in [4.69, 9.17) is 9.84 Å². The molecule has 10 heteroatoms. The average molecular weight is 383 g/mol. The van der Waals surface area contributed by atoms with Gasteiger partial charge in [-0.1, -0.05) is 12.1 Å². The minimum atomic E-state index is -4.70. The molecule has 1 aliphatic rings. The van der Waals surface area contributed by atoms with Crippen molar-refractivity contribution in [1.29, 1.82) is 0 Å². The topological polar surface area (TPSA) is 84.7 Å². The minimum Gasteiger partial charge on any atom is -0.481 e. The lowest BCUT2D eigenvalue weighted by molar-refractivity contribution is -0.187. The maximum absolute atomic E-state index is 13.1. The van der Waals surface area contributed by atoms with Crippen molar-refractivity contribution in [3.8, 4) is 11.5 Å². The molecule has 1 saturated heterocycles. The van der Waals surface area contributed by atoms with Crippen LogP contribution in [0.4, 0.5) is 13.2 Å². The predicted octanol–water partition coefficient (Wildman–Crippen LogP) is 2.55. The van der Waals surface area contributed by atoms with Crippen LogP contribution >= 0.6 is 0 Å². The van der Waals surface area contributed by atoms with Crippen molar-refractivity contribution in [2.45, 2.75) is 6.18 Å². The monoisotopic (exact) mass is 383 g/mol. The van der Waals surface area contributed by atoms with Gasteiger partial charge in [-0.25, -0.2) is 0 Å². The lowest BCUT2D eigenvalue weighted by Gasteiger charge is -2.19. The first kappa shape index (κ1) is 18.7. The number of hydrogen-bond acceptors (Lipinski definition) is 4. The Morgan fingerprint density at radius 3 is 2.52 bits per heavy atom. The number of halogens is 3. The number of aryl methyl sites for hydroxylation is 1. The van der Waals surface area contributed by atoms with E-state index in [1.807, 2.05) is 0 Å². The largest absolute Gasteiger partial charge is 0.481 e. The van der Waals surface area contributed by atoms with E-state index in [0.29, 0.717) is 5.75 Å². The molecule has 0 unspecified atom stereocenters. The number of para-hydroxylation sites is 1. The Bertz CT molecular complexity index is 865. The van der Waals surface area contributed by atoms with Gasteiger partial charge in [0.25, 0.3) is 5.91 Å². The number of carbonyl (C=O) groups excluding carboxylic acids is 1. The zero-order valence-electron chi connectivity index (χ0n) is 14.2. The second kappa shape index (κ2) is 6.93. The molecule has 0 aliphatic carbocycles. The fourth-order valence-corrected chi connectivity index (χ4v) is 3.03. The Balaban J connectivity index is 1.85. The van der Waals surface area contributed by atoms with E-state index in [9.17, 15) is 22.8 Å². The summed E-state index contributed by atoms with van der Waals surface area (Å²) in [4.78, 5) is 24.9. The smallest absolute Gasteiger partial charge is 0.394 e. The Morgan fingerprint density at radius 2 is 1.96 bits per heavy atom. The van der Waals surface area contributed by atoms with Crippen LogP contribution in [0.1, 0.15) is 10.4 Å². The van der Waals surface area contributed by atoms with Gasteiger partial charge in [0.1, 0.15) is 5.75 Å². The van der Waals surface area contributed by atoms with Gasteiger partial charge in [-0.15, -0.1) is 0 Å². The maximum Gasteiger partial charge on any atom is 0.394 e. The molecule has 2 atom stereocenters. The summed E-state index contributed by atoms with van der Waals surface area (Å²) in [6.45, 7) is -1.22. The number of ether oxygens (including phenoxy) is 1. The van der Waals surface area contributed by atoms with Gasteiger partial charge in [-0.3, -0.25) is 14.3 Å². The molecule has 0 saturated carbocycles. The molecule has 0 radical (unpaired) electrons. The summed E-state index contributed by atoms with van der Waals surface area (Å²) >= 11 is 0. The third kappa shape index (κ3) is 3.88. The molecule has 1 aromatic carbocycles. The summed E-state index contributed by atoms with van der Waals surface area (Å²) < 4.78 is 46.5. The Morgan fingerprint density at radius 1 is 1.26 bits per heavy atom. The van der Waals surface area contributed by atoms with Gasteiger partial charge < -0.3 is 14.7 Å². The zero-order chi connectivity index (χ0) is 19.8. The molecule has 0 bridgehead atoms. The molecule has 2 aromatic rings. The molecule has 2 heterocycles. The molecule has 1 aliphatic heterocycles. The van der Waals surface area contributed by atoms with Crippen LogP contribution in [-0.2, 0) is 11.8 Å². The fraction of sp³-hybridized carbons (Fsp3) is 0.353. The third-order valence-electron chi connectivity index (χ3n) is 4.37. The Kier molecular flexibility index (Phi) is 4.81. The van der Waals surface area contributed by atoms with Gasteiger partial charge in [0.15, 0.2) is 5.75 Å². The van der Waals surface area contributed by atoms with Gasteiger partial charge in [0.2, 0.25) is 0 Å². The average Bonchev–Trinajstić information content (AvgIpc) is 3.21. The summed E-state index contributed by atoms with van der Waals surface area (Å²) in [6.07, 6.45) is -1.71. The van der Waals surface area contributed by atoms with Gasteiger partial charge in [0, 0.05) is 20.1 Å². The number of carboxylic acids is 1. The molecule has 7 nitrogen and oxygen atoms in total. The normalized spacial score (nSPS) is 19.9.